The van der Waals surface area contributed by atoms with Gasteiger partial charge < -0.3 is 4.90 Å². The van der Waals surface area contributed by atoms with Crippen molar-refractivity contribution in [2.75, 3.05) is 20.1 Å². The number of rotatable bonds is 5. The highest BCUT2D eigenvalue weighted by Crippen LogP contribution is 2.35. The van der Waals surface area contributed by atoms with Gasteiger partial charge in [0, 0.05) is 19.1 Å². The van der Waals surface area contributed by atoms with Crippen molar-refractivity contribution in [3.05, 3.63) is 65.7 Å². The van der Waals surface area contributed by atoms with Gasteiger partial charge in [0.25, 0.3) is 0 Å². The summed E-state index contributed by atoms with van der Waals surface area (Å²) in [7, 11) is -1.67. The van der Waals surface area contributed by atoms with Gasteiger partial charge in [-0.15, -0.1) is 12.4 Å². The molecule has 6 heteroatoms. The number of hydrogen-bond acceptors (Lipinski definition) is 3. The standard InChI is InChI=1S/C24H32N2O2S.ClH/c1-19-7-6-10-24(17-19)29(27,28)25(2)22-11-12-23(18-22)26-15-13-21(14-16-26)20-8-4-3-5-9-20;/h3-10,17,21-23H,11-16,18H2,1-2H3;1H/t22-,23+;/m0./s1. The van der Waals surface area contributed by atoms with Crippen LogP contribution in [0.15, 0.2) is 59.5 Å². The van der Waals surface area contributed by atoms with Gasteiger partial charge >= 0.3 is 0 Å². The van der Waals surface area contributed by atoms with Crippen LogP contribution < -0.4 is 0 Å². The third-order valence-electron chi connectivity index (χ3n) is 6.87. The van der Waals surface area contributed by atoms with Crippen molar-refractivity contribution in [2.45, 2.75) is 61.9 Å². The fraction of sp³-hybridized carbons (Fsp3) is 0.500. The first-order valence-electron chi connectivity index (χ1n) is 10.8. The van der Waals surface area contributed by atoms with Crippen LogP contribution in [0.1, 0.15) is 49.1 Å². The van der Waals surface area contributed by atoms with Crippen molar-refractivity contribution in [3.8, 4) is 0 Å². The Kier molecular flexibility index (Phi) is 7.61. The molecular formula is C24H33ClN2O2S. The van der Waals surface area contributed by atoms with Crippen LogP contribution in [0.4, 0.5) is 0 Å². The van der Waals surface area contributed by atoms with Gasteiger partial charge in [-0.05, 0) is 81.3 Å². The highest BCUT2D eigenvalue weighted by atomic mass is 35.5. The third kappa shape index (κ3) is 4.91. The van der Waals surface area contributed by atoms with Crippen LogP contribution in [0, 0.1) is 6.92 Å². The van der Waals surface area contributed by atoms with Crippen molar-refractivity contribution in [1.82, 2.24) is 9.21 Å². The summed E-state index contributed by atoms with van der Waals surface area (Å²) >= 11 is 0. The molecule has 0 spiro atoms. The molecule has 0 bridgehead atoms. The normalized spacial score (nSPS) is 23.4. The van der Waals surface area contributed by atoms with Gasteiger partial charge in [-0.25, -0.2) is 8.42 Å². The molecule has 1 aliphatic carbocycles. The molecule has 0 amide bonds. The molecule has 2 aromatic carbocycles. The first kappa shape index (κ1) is 23.3. The highest BCUT2D eigenvalue weighted by Gasteiger charge is 2.37. The van der Waals surface area contributed by atoms with Gasteiger partial charge in [0.1, 0.15) is 0 Å². The lowest BCUT2D eigenvalue weighted by Gasteiger charge is -2.36. The molecule has 1 saturated heterocycles. The number of aryl methyl sites for hydroxylation is 1. The van der Waals surface area contributed by atoms with E-state index in [9.17, 15) is 8.42 Å². The molecule has 1 aliphatic heterocycles. The Balaban J connectivity index is 0.00000256. The van der Waals surface area contributed by atoms with E-state index in [1.165, 1.54) is 18.4 Å². The Morgan fingerprint density at radius 2 is 1.63 bits per heavy atom. The molecule has 1 heterocycles. The molecule has 2 aliphatic rings. The number of nitrogens with zero attached hydrogens (tertiary/aromatic N) is 2. The van der Waals surface area contributed by atoms with Gasteiger partial charge in [0.2, 0.25) is 10.0 Å². The van der Waals surface area contributed by atoms with E-state index in [1.807, 2.05) is 19.1 Å². The van der Waals surface area contributed by atoms with E-state index in [2.05, 4.69) is 35.2 Å². The first-order valence-corrected chi connectivity index (χ1v) is 12.2. The summed E-state index contributed by atoms with van der Waals surface area (Å²) in [6, 6.07) is 18.7. The predicted molar refractivity (Wildman–Crippen MR) is 125 cm³/mol. The highest BCUT2D eigenvalue weighted by molar-refractivity contribution is 7.89. The number of piperidine rings is 1. The van der Waals surface area contributed by atoms with Gasteiger partial charge in [0.05, 0.1) is 4.90 Å². The minimum atomic E-state index is -3.43. The maximum atomic E-state index is 13.1. The number of sulfonamides is 1. The zero-order valence-corrected chi connectivity index (χ0v) is 19.5. The van der Waals surface area contributed by atoms with E-state index in [1.54, 1.807) is 23.5 Å². The number of likely N-dealkylation sites (tertiary alicyclic amines) is 1. The summed E-state index contributed by atoms with van der Waals surface area (Å²) in [6.45, 7) is 4.17. The van der Waals surface area contributed by atoms with E-state index in [-0.39, 0.29) is 18.4 Å². The second-order valence-electron chi connectivity index (χ2n) is 8.68. The summed E-state index contributed by atoms with van der Waals surface area (Å²) in [6.07, 6.45) is 5.38. The maximum Gasteiger partial charge on any atom is 0.243 e. The second kappa shape index (κ2) is 9.82. The van der Waals surface area contributed by atoms with Crippen molar-refractivity contribution in [2.24, 2.45) is 0 Å². The Morgan fingerprint density at radius 3 is 2.30 bits per heavy atom. The molecule has 1 saturated carbocycles. The minimum absolute atomic E-state index is 0. The van der Waals surface area contributed by atoms with Crippen molar-refractivity contribution >= 4 is 22.4 Å². The van der Waals surface area contributed by atoms with Crippen molar-refractivity contribution in [3.63, 3.8) is 0 Å². The molecular weight excluding hydrogens is 416 g/mol. The Morgan fingerprint density at radius 1 is 0.933 bits per heavy atom. The Labute approximate surface area is 187 Å². The largest absolute Gasteiger partial charge is 0.300 e. The first-order chi connectivity index (χ1) is 13.9. The quantitative estimate of drug-likeness (QED) is 0.657. The van der Waals surface area contributed by atoms with E-state index in [0.717, 1.165) is 37.9 Å². The molecule has 4 nitrogen and oxygen atoms in total. The molecule has 2 aromatic rings. The van der Waals surface area contributed by atoms with Gasteiger partial charge in [-0.1, -0.05) is 42.5 Å². The topological polar surface area (TPSA) is 40.6 Å². The average Bonchev–Trinajstić information content (AvgIpc) is 3.24. The average molecular weight is 449 g/mol. The lowest BCUT2D eigenvalue weighted by Crippen LogP contribution is -2.41. The molecule has 0 N–H and O–H groups in total. The fourth-order valence-electron chi connectivity index (χ4n) is 5.06. The lowest BCUT2D eigenvalue weighted by atomic mass is 9.89. The molecule has 0 aromatic heterocycles. The van der Waals surface area contributed by atoms with Crippen molar-refractivity contribution < 1.29 is 8.42 Å². The molecule has 2 atom stereocenters. The third-order valence-corrected chi connectivity index (χ3v) is 8.78. The summed E-state index contributed by atoms with van der Waals surface area (Å²) in [5.74, 6) is 0.661. The molecule has 0 radical (unpaired) electrons. The summed E-state index contributed by atoms with van der Waals surface area (Å²) in [5, 5.41) is 0. The zero-order valence-electron chi connectivity index (χ0n) is 17.9. The van der Waals surface area contributed by atoms with Gasteiger partial charge in [-0.2, -0.15) is 4.31 Å². The number of hydrogen-bond donors (Lipinski definition) is 0. The fourth-order valence-corrected chi connectivity index (χ4v) is 6.56. The second-order valence-corrected chi connectivity index (χ2v) is 10.7. The molecule has 4 rings (SSSR count). The van der Waals surface area contributed by atoms with Crippen LogP contribution in [-0.4, -0.2) is 49.8 Å². The van der Waals surface area contributed by atoms with E-state index < -0.39 is 10.0 Å². The van der Waals surface area contributed by atoms with Crippen LogP contribution in [0.3, 0.4) is 0 Å². The Bertz CT molecular complexity index is 927. The summed E-state index contributed by atoms with van der Waals surface area (Å²) < 4.78 is 27.8. The number of benzene rings is 2. The van der Waals surface area contributed by atoms with Crippen LogP contribution >= 0.6 is 12.4 Å². The summed E-state index contributed by atoms with van der Waals surface area (Å²) in [5.41, 5.74) is 2.44. The molecule has 164 valence electrons. The van der Waals surface area contributed by atoms with Gasteiger partial charge in [0.15, 0.2) is 0 Å². The van der Waals surface area contributed by atoms with E-state index in [4.69, 9.17) is 0 Å². The van der Waals surface area contributed by atoms with Crippen LogP contribution in [-0.2, 0) is 10.0 Å². The molecule has 0 unspecified atom stereocenters. The van der Waals surface area contributed by atoms with Gasteiger partial charge in [-0.3, -0.25) is 0 Å². The molecule has 30 heavy (non-hydrogen) atoms. The predicted octanol–water partition coefficient (Wildman–Crippen LogP) is 4.84. The smallest absolute Gasteiger partial charge is 0.243 e. The van der Waals surface area contributed by atoms with E-state index >= 15 is 0 Å². The van der Waals surface area contributed by atoms with Crippen LogP contribution in [0.5, 0.6) is 0 Å². The van der Waals surface area contributed by atoms with Crippen LogP contribution in [0.25, 0.3) is 0 Å². The Hall–Kier alpha value is -1.40. The maximum absolute atomic E-state index is 13.1. The SMILES string of the molecule is Cc1cccc(S(=O)(=O)N(C)[C@H]2CC[C@@H](N3CCC(c4ccccc4)CC3)C2)c1.Cl. The lowest BCUT2D eigenvalue weighted by molar-refractivity contribution is 0.150. The van der Waals surface area contributed by atoms with E-state index in [0.29, 0.717) is 16.9 Å². The van der Waals surface area contributed by atoms with Crippen molar-refractivity contribution in [1.29, 1.82) is 0 Å². The minimum Gasteiger partial charge on any atom is -0.300 e. The van der Waals surface area contributed by atoms with Crippen LogP contribution in [0.2, 0.25) is 0 Å². The summed E-state index contributed by atoms with van der Waals surface area (Å²) in [4.78, 5) is 3.01. The number of halogens is 1. The monoisotopic (exact) mass is 448 g/mol. The molecule has 2 fully saturated rings. The zero-order chi connectivity index (χ0) is 20.4.